The van der Waals surface area contributed by atoms with E-state index in [1.165, 1.54) is 0 Å². The summed E-state index contributed by atoms with van der Waals surface area (Å²) in [6, 6.07) is 8.09. The van der Waals surface area contributed by atoms with E-state index in [4.69, 9.17) is 10.6 Å². The van der Waals surface area contributed by atoms with Gasteiger partial charge in [0, 0.05) is 18.5 Å². The number of nitrogens with two attached hydrogens (primary N) is 1. The molecule has 0 spiro atoms. The van der Waals surface area contributed by atoms with Crippen molar-refractivity contribution in [3.8, 4) is 0 Å². The van der Waals surface area contributed by atoms with Crippen molar-refractivity contribution in [2.24, 2.45) is 0 Å². The number of para-hydroxylation sites is 1. The first-order chi connectivity index (χ1) is 11.7. The molecule has 128 valence electrons. The van der Waals surface area contributed by atoms with Crippen LogP contribution in [0.5, 0.6) is 0 Å². The van der Waals surface area contributed by atoms with E-state index in [9.17, 15) is 0 Å². The van der Waals surface area contributed by atoms with Crippen LogP contribution in [-0.4, -0.2) is 38.9 Å². The molecule has 1 aromatic carbocycles. The number of hydroxylamine groups is 1. The fraction of sp³-hybridized carbons (Fsp3) is 0.412. The van der Waals surface area contributed by atoms with E-state index >= 15 is 0 Å². The van der Waals surface area contributed by atoms with Gasteiger partial charge in [-0.15, -0.1) is 4.47 Å². The van der Waals surface area contributed by atoms with E-state index in [0.29, 0.717) is 5.82 Å². The Morgan fingerprint density at radius 1 is 1.25 bits per heavy atom. The van der Waals surface area contributed by atoms with Crippen molar-refractivity contribution >= 4 is 39.7 Å². The molecule has 0 aliphatic carbocycles. The monoisotopic (exact) mass is 345 g/mol. The number of nitrogens with zero attached hydrogens (tertiary/aromatic N) is 4. The molecule has 2 heterocycles. The number of hydrogen-bond donors (Lipinski definition) is 1. The normalized spacial score (nSPS) is 11.8. The van der Waals surface area contributed by atoms with Gasteiger partial charge in [0.2, 0.25) is 0 Å². The minimum atomic E-state index is 0.499. The van der Waals surface area contributed by atoms with Crippen molar-refractivity contribution in [2.45, 2.75) is 26.3 Å². The number of pyridine rings is 1. The second-order valence-electron chi connectivity index (χ2n) is 5.65. The van der Waals surface area contributed by atoms with Gasteiger partial charge < -0.3 is 10.3 Å². The molecule has 0 saturated heterocycles. The number of unbranched alkanes of at least 4 members (excludes halogenated alkanes) is 1. The molecule has 24 heavy (non-hydrogen) atoms. The maximum absolute atomic E-state index is 6.12. The van der Waals surface area contributed by atoms with E-state index in [-0.39, 0.29) is 0 Å². The lowest BCUT2D eigenvalue weighted by Gasteiger charge is -2.16. The molecule has 7 heteroatoms. The lowest BCUT2D eigenvalue weighted by atomic mass is 10.2. The fourth-order valence-electron chi connectivity index (χ4n) is 3.01. The highest BCUT2D eigenvalue weighted by molar-refractivity contribution is 7.96. The van der Waals surface area contributed by atoms with Gasteiger partial charge in [0.15, 0.2) is 5.82 Å². The van der Waals surface area contributed by atoms with Crippen LogP contribution >= 0.6 is 11.9 Å². The number of anilines is 1. The lowest BCUT2D eigenvalue weighted by Crippen LogP contribution is -2.15. The van der Waals surface area contributed by atoms with Gasteiger partial charge >= 0.3 is 0 Å². The van der Waals surface area contributed by atoms with Crippen molar-refractivity contribution in [1.82, 2.24) is 19.0 Å². The van der Waals surface area contributed by atoms with Crippen molar-refractivity contribution in [2.75, 3.05) is 25.6 Å². The lowest BCUT2D eigenvalue weighted by molar-refractivity contribution is -0.0381. The van der Waals surface area contributed by atoms with Crippen LogP contribution in [0.1, 0.15) is 18.7 Å². The highest BCUT2D eigenvalue weighted by Crippen LogP contribution is 2.28. The summed E-state index contributed by atoms with van der Waals surface area (Å²) in [4.78, 5) is 14.4. The minimum absolute atomic E-state index is 0.499. The summed E-state index contributed by atoms with van der Waals surface area (Å²) in [5.41, 5.74) is 8.92. The molecule has 0 unspecified atom stereocenters. The zero-order valence-corrected chi connectivity index (χ0v) is 15.1. The Kier molecular flexibility index (Phi) is 5.23. The number of nitrogen functional groups attached to an aromatic ring is 1. The zero-order valence-electron chi connectivity index (χ0n) is 14.3. The number of rotatable bonds is 7. The molecule has 2 aromatic heterocycles. The van der Waals surface area contributed by atoms with E-state index in [0.717, 1.165) is 53.7 Å². The quantitative estimate of drug-likeness (QED) is 0.402. The van der Waals surface area contributed by atoms with Gasteiger partial charge in [-0.1, -0.05) is 30.1 Å². The van der Waals surface area contributed by atoms with Crippen molar-refractivity contribution in [3.05, 3.63) is 30.1 Å². The summed E-state index contributed by atoms with van der Waals surface area (Å²) in [5, 5.41) is 1.10. The predicted octanol–water partition coefficient (Wildman–Crippen LogP) is 3.40. The molecule has 0 aliphatic rings. The van der Waals surface area contributed by atoms with Crippen molar-refractivity contribution < 1.29 is 4.84 Å². The average molecular weight is 345 g/mol. The summed E-state index contributed by atoms with van der Waals surface area (Å²) in [7, 11) is 1.70. The first-order valence-electron chi connectivity index (χ1n) is 8.02. The third kappa shape index (κ3) is 3.19. The number of hydrogen-bond acceptors (Lipinski definition) is 6. The van der Waals surface area contributed by atoms with Gasteiger partial charge in [0.25, 0.3) is 0 Å². The largest absolute Gasteiger partial charge is 0.382 e. The Balaban J connectivity index is 1.89. The summed E-state index contributed by atoms with van der Waals surface area (Å²) in [6.07, 6.45) is 4.11. The summed E-state index contributed by atoms with van der Waals surface area (Å²) >= 11 is 1.59. The third-order valence-corrected chi connectivity index (χ3v) is 4.92. The van der Waals surface area contributed by atoms with E-state index < -0.39 is 0 Å². The highest BCUT2D eigenvalue weighted by atomic mass is 32.2. The molecule has 0 saturated carbocycles. The first-order valence-corrected chi connectivity index (χ1v) is 9.20. The molecule has 0 fully saturated rings. The van der Waals surface area contributed by atoms with Crippen LogP contribution in [0.25, 0.3) is 21.9 Å². The topological polar surface area (TPSA) is 69.2 Å². The van der Waals surface area contributed by atoms with Crippen LogP contribution in [0.15, 0.2) is 24.3 Å². The predicted molar refractivity (Wildman–Crippen MR) is 101 cm³/mol. The second-order valence-corrected chi connectivity index (χ2v) is 6.42. The van der Waals surface area contributed by atoms with Crippen molar-refractivity contribution in [3.63, 3.8) is 0 Å². The van der Waals surface area contributed by atoms with Crippen LogP contribution in [0, 0.1) is 6.92 Å². The number of benzene rings is 1. The molecule has 2 N–H and O–H groups in total. The molecule has 0 atom stereocenters. The van der Waals surface area contributed by atoms with Crippen LogP contribution in [0.2, 0.25) is 0 Å². The Bertz CT molecular complexity index is 844. The van der Waals surface area contributed by atoms with Crippen LogP contribution in [0.4, 0.5) is 5.82 Å². The second kappa shape index (κ2) is 7.38. The Hall–Kier alpha value is -1.83. The summed E-state index contributed by atoms with van der Waals surface area (Å²) in [5.74, 6) is 1.47. The van der Waals surface area contributed by atoms with Crippen LogP contribution in [-0.2, 0) is 11.4 Å². The molecule has 0 bridgehead atoms. The molecule has 0 aliphatic heterocycles. The van der Waals surface area contributed by atoms with Gasteiger partial charge in [-0.05, 0) is 32.1 Å². The molecule has 3 rings (SSSR count). The SMILES string of the molecule is CON(CCCCn1c(C)nc2c(N)nc3ccccc3c21)SC. The molecule has 6 nitrogen and oxygen atoms in total. The number of aromatic nitrogens is 3. The standard InChI is InChI=1S/C17H23N5OS/c1-12-19-15-16(13-8-4-5-9-14(13)20-17(15)18)21(12)10-6-7-11-22(23-2)24-3/h4-5,8-9H,6-7,10-11H2,1-3H3,(H2,18,20). The molecule has 0 radical (unpaired) electrons. The Morgan fingerprint density at radius 2 is 2.04 bits per heavy atom. The molecule has 3 aromatic rings. The smallest absolute Gasteiger partial charge is 0.152 e. The Labute approximate surface area is 146 Å². The van der Waals surface area contributed by atoms with Crippen LogP contribution < -0.4 is 5.73 Å². The van der Waals surface area contributed by atoms with Crippen molar-refractivity contribution in [1.29, 1.82) is 0 Å². The number of aryl methyl sites for hydroxylation is 2. The van der Waals surface area contributed by atoms with E-state index in [2.05, 4.69) is 20.6 Å². The molecular formula is C17H23N5OS. The van der Waals surface area contributed by atoms with Gasteiger partial charge in [-0.25, -0.2) is 9.97 Å². The number of imidazole rings is 1. The molecule has 0 amide bonds. The highest BCUT2D eigenvalue weighted by Gasteiger charge is 2.14. The summed E-state index contributed by atoms with van der Waals surface area (Å²) in [6.45, 7) is 3.83. The zero-order chi connectivity index (χ0) is 17.1. The summed E-state index contributed by atoms with van der Waals surface area (Å²) < 4.78 is 4.14. The maximum Gasteiger partial charge on any atom is 0.152 e. The van der Waals surface area contributed by atoms with E-state index in [1.54, 1.807) is 19.1 Å². The minimum Gasteiger partial charge on any atom is -0.382 e. The number of fused-ring (bicyclic) bond motifs is 3. The van der Waals surface area contributed by atoms with Gasteiger partial charge in [0.1, 0.15) is 11.3 Å². The maximum atomic E-state index is 6.12. The van der Waals surface area contributed by atoms with Gasteiger partial charge in [-0.2, -0.15) is 0 Å². The van der Waals surface area contributed by atoms with E-state index in [1.807, 2.05) is 35.8 Å². The average Bonchev–Trinajstić information content (AvgIpc) is 2.93. The van der Waals surface area contributed by atoms with Crippen LogP contribution in [0.3, 0.4) is 0 Å². The fourth-order valence-corrected chi connectivity index (χ4v) is 3.47. The molecular weight excluding hydrogens is 322 g/mol. The van der Waals surface area contributed by atoms with Gasteiger partial charge in [0.05, 0.1) is 18.1 Å². The van der Waals surface area contributed by atoms with Gasteiger partial charge in [-0.3, -0.25) is 4.84 Å². The Morgan fingerprint density at radius 3 is 2.79 bits per heavy atom. The first kappa shape index (κ1) is 17.0. The third-order valence-electron chi connectivity index (χ3n) is 4.18.